The summed E-state index contributed by atoms with van der Waals surface area (Å²) >= 11 is 0. The monoisotopic (exact) mass is 452 g/mol. The molecule has 0 radical (unpaired) electrons. The van der Waals surface area contributed by atoms with E-state index in [0.717, 1.165) is 46.4 Å². The second-order valence-corrected chi connectivity index (χ2v) is 8.36. The van der Waals surface area contributed by atoms with Crippen LogP contribution >= 0.6 is 0 Å². The lowest BCUT2D eigenvalue weighted by atomic mass is 9.86. The number of anilines is 1. The van der Waals surface area contributed by atoms with Gasteiger partial charge in [-0.2, -0.15) is 0 Å². The van der Waals surface area contributed by atoms with E-state index in [9.17, 15) is 9.59 Å². The number of para-hydroxylation sites is 1. The maximum absolute atomic E-state index is 13.3. The number of nitrogens with zero attached hydrogens (tertiary/aromatic N) is 1. The number of aromatic nitrogens is 1. The van der Waals surface area contributed by atoms with Crippen molar-refractivity contribution < 1.29 is 18.7 Å². The molecule has 0 saturated heterocycles. The van der Waals surface area contributed by atoms with Crippen molar-refractivity contribution in [3.63, 3.8) is 0 Å². The standard InChI is InChI=1S/C28H24N2O4/c1-18-7-4-9-20(15-18)29-25(31)17-34-28(32)26-22-11-2-3-13-24(22)30-27-19(8-5-12-23(26)27)16-21-10-6-14-33-21/h2-4,6-7,9-11,13-16H,5,8,12,17H2,1H3,(H,29,31)/b19-16+. The van der Waals surface area contributed by atoms with E-state index >= 15 is 0 Å². The van der Waals surface area contributed by atoms with Crippen molar-refractivity contribution in [3.8, 4) is 0 Å². The average molecular weight is 453 g/mol. The van der Waals surface area contributed by atoms with Crippen molar-refractivity contribution in [2.45, 2.75) is 26.2 Å². The Bertz CT molecular complexity index is 1400. The predicted molar refractivity (Wildman–Crippen MR) is 131 cm³/mol. The summed E-state index contributed by atoms with van der Waals surface area (Å²) in [6.07, 6.45) is 6.04. The van der Waals surface area contributed by atoms with Gasteiger partial charge in [0, 0.05) is 11.1 Å². The minimum atomic E-state index is -0.520. The van der Waals surface area contributed by atoms with Crippen molar-refractivity contribution in [2.24, 2.45) is 0 Å². The number of furan rings is 1. The van der Waals surface area contributed by atoms with E-state index in [0.29, 0.717) is 23.2 Å². The number of ether oxygens (including phenoxy) is 1. The number of hydrogen-bond acceptors (Lipinski definition) is 5. The summed E-state index contributed by atoms with van der Waals surface area (Å²) in [5, 5.41) is 3.50. The zero-order valence-corrected chi connectivity index (χ0v) is 18.8. The minimum Gasteiger partial charge on any atom is -0.465 e. The molecule has 0 unspecified atom stereocenters. The molecule has 1 aliphatic rings. The Balaban J connectivity index is 1.45. The van der Waals surface area contributed by atoms with Crippen LogP contribution < -0.4 is 5.32 Å². The van der Waals surface area contributed by atoms with Gasteiger partial charge in [-0.1, -0.05) is 30.3 Å². The Labute approximate surface area is 197 Å². The Morgan fingerprint density at radius 3 is 2.79 bits per heavy atom. The normalized spacial score (nSPS) is 14.1. The molecule has 0 atom stereocenters. The lowest BCUT2D eigenvalue weighted by Gasteiger charge is -2.22. The van der Waals surface area contributed by atoms with Crippen LogP contribution in [0.2, 0.25) is 0 Å². The van der Waals surface area contributed by atoms with Crippen LogP contribution in [-0.4, -0.2) is 23.5 Å². The Morgan fingerprint density at radius 2 is 1.97 bits per heavy atom. The maximum Gasteiger partial charge on any atom is 0.339 e. The van der Waals surface area contributed by atoms with Crippen molar-refractivity contribution in [2.75, 3.05) is 11.9 Å². The third-order valence-electron chi connectivity index (χ3n) is 5.87. The number of pyridine rings is 1. The van der Waals surface area contributed by atoms with E-state index in [2.05, 4.69) is 5.32 Å². The third kappa shape index (κ3) is 4.48. The second-order valence-electron chi connectivity index (χ2n) is 8.36. The van der Waals surface area contributed by atoms with E-state index in [1.807, 2.05) is 67.6 Å². The van der Waals surface area contributed by atoms with Crippen LogP contribution in [0.4, 0.5) is 5.69 Å². The molecule has 6 heteroatoms. The highest BCUT2D eigenvalue weighted by atomic mass is 16.5. The van der Waals surface area contributed by atoms with Crippen LogP contribution in [0.1, 0.15) is 45.8 Å². The molecule has 2 aromatic heterocycles. The Kier molecular flexibility index (Phi) is 5.95. The first kappa shape index (κ1) is 21.6. The highest BCUT2D eigenvalue weighted by Crippen LogP contribution is 2.36. The molecule has 2 heterocycles. The van der Waals surface area contributed by atoms with E-state index in [1.165, 1.54) is 0 Å². The number of esters is 1. The molecule has 1 aliphatic carbocycles. The number of fused-ring (bicyclic) bond motifs is 2. The summed E-state index contributed by atoms with van der Waals surface area (Å²) in [5.41, 5.74) is 5.56. The molecular formula is C28H24N2O4. The first-order valence-corrected chi connectivity index (χ1v) is 11.3. The van der Waals surface area contributed by atoms with Crippen LogP contribution in [0.15, 0.2) is 71.3 Å². The minimum absolute atomic E-state index is 0.368. The first-order valence-electron chi connectivity index (χ1n) is 11.3. The van der Waals surface area contributed by atoms with Crippen molar-refractivity contribution in [3.05, 3.63) is 95.1 Å². The van der Waals surface area contributed by atoms with Gasteiger partial charge in [0.15, 0.2) is 6.61 Å². The Hall–Kier alpha value is -4.19. The van der Waals surface area contributed by atoms with Gasteiger partial charge in [-0.25, -0.2) is 9.78 Å². The fourth-order valence-electron chi connectivity index (χ4n) is 4.38. The number of rotatable bonds is 5. The molecule has 1 N–H and O–H groups in total. The number of allylic oxidation sites excluding steroid dienone is 1. The van der Waals surface area contributed by atoms with Gasteiger partial charge in [-0.3, -0.25) is 4.79 Å². The van der Waals surface area contributed by atoms with Gasteiger partial charge in [0.1, 0.15) is 5.76 Å². The number of carbonyl (C=O) groups excluding carboxylic acids is 2. The molecule has 34 heavy (non-hydrogen) atoms. The summed E-state index contributed by atoms with van der Waals surface area (Å²) in [4.78, 5) is 30.6. The molecule has 5 rings (SSSR count). The molecular weight excluding hydrogens is 428 g/mol. The molecule has 170 valence electrons. The molecule has 4 aromatic rings. The Morgan fingerprint density at radius 1 is 1.09 bits per heavy atom. The summed E-state index contributed by atoms with van der Waals surface area (Å²) in [6.45, 7) is 1.58. The number of carbonyl (C=O) groups is 2. The fraction of sp³-hybridized carbons (Fsp3) is 0.179. The zero-order valence-electron chi connectivity index (χ0n) is 18.8. The largest absolute Gasteiger partial charge is 0.465 e. The average Bonchev–Trinajstić information content (AvgIpc) is 3.34. The van der Waals surface area contributed by atoms with E-state index in [1.54, 1.807) is 12.3 Å². The van der Waals surface area contributed by atoms with Gasteiger partial charge >= 0.3 is 5.97 Å². The number of hydrogen-bond donors (Lipinski definition) is 1. The van der Waals surface area contributed by atoms with Gasteiger partial charge in [-0.05, 0) is 79.3 Å². The molecule has 0 aliphatic heterocycles. The van der Waals surface area contributed by atoms with Gasteiger partial charge < -0.3 is 14.5 Å². The van der Waals surface area contributed by atoms with Crippen molar-refractivity contribution in [1.82, 2.24) is 4.98 Å². The summed E-state index contributed by atoms with van der Waals surface area (Å²) in [5.74, 6) is -0.159. The fourth-order valence-corrected chi connectivity index (χ4v) is 4.38. The molecule has 0 saturated carbocycles. The van der Waals surface area contributed by atoms with Gasteiger partial charge in [0.25, 0.3) is 5.91 Å². The van der Waals surface area contributed by atoms with E-state index in [-0.39, 0.29) is 12.5 Å². The topological polar surface area (TPSA) is 81.4 Å². The van der Waals surface area contributed by atoms with Gasteiger partial charge in [-0.15, -0.1) is 0 Å². The maximum atomic E-state index is 13.3. The quantitative estimate of drug-likeness (QED) is 0.387. The molecule has 0 bridgehead atoms. The smallest absolute Gasteiger partial charge is 0.339 e. The lowest BCUT2D eigenvalue weighted by molar-refractivity contribution is -0.119. The molecule has 6 nitrogen and oxygen atoms in total. The molecule has 1 amide bonds. The van der Waals surface area contributed by atoms with Crippen LogP contribution in [0, 0.1) is 6.92 Å². The van der Waals surface area contributed by atoms with Crippen molar-refractivity contribution in [1.29, 1.82) is 0 Å². The SMILES string of the molecule is Cc1cccc(NC(=O)COC(=O)c2c3c(nc4ccccc24)/C(=C/c2ccco2)CCC3)c1. The third-order valence-corrected chi connectivity index (χ3v) is 5.87. The highest BCUT2D eigenvalue weighted by molar-refractivity contribution is 6.07. The van der Waals surface area contributed by atoms with E-state index in [4.69, 9.17) is 14.1 Å². The van der Waals surface area contributed by atoms with Crippen LogP contribution in [0.5, 0.6) is 0 Å². The summed E-state index contributed by atoms with van der Waals surface area (Å²) in [6, 6.07) is 18.7. The molecule has 0 fully saturated rings. The summed E-state index contributed by atoms with van der Waals surface area (Å²) < 4.78 is 11.0. The molecule has 0 spiro atoms. The molecule has 2 aromatic carbocycles. The zero-order chi connectivity index (χ0) is 23.5. The number of amides is 1. The number of nitrogens with one attached hydrogen (secondary N) is 1. The van der Waals surface area contributed by atoms with Crippen LogP contribution in [0.3, 0.4) is 0 Å². The lowest BCUT2D eigenvalue weighted by Crippen LogP contribution is -2.22. The number of benzene rings is 2. The van der Waals surface area contributed by atoms with Gasteiger partial charge in [0.05, 0.1) is 23.0 Å². The summed E-state index contributed by atoms with van der Waals surface area (Å²) in [7, 11) is 0. The number of aryl methyl sites for hydroxylation is 1. The van der Waals surface area contributed by atoms with Gasteiger partial charge in [0.2, 0.25) is 0 Å². The highest BCUT2D eigenvalue weighted by Gasteiger charge is 2.26. The van der Waals surface area contributed by atoms with Crippen molar-refractivity contribution >= 4 is 40.1 Å². The van der Waals surface area contributed by atoms with E-state index < -0.39 is 5.97 Å². The predicted octanol–water partition coefficient (Wildman–Crippen LogP) is 5.81. The van der Waals surface area contributed by atoms with Crippen LogP contribution in [-0.2, 0) is 16.0 Å². The van der Waals surface area contributed by atoms with Crippen LogP contribution in [0.25, 0.3) is 22.6 Å². The first-order chi connectivity index (χ1) is 16.6. The second kappa shape index (κ2) is 9.35.